The van der Waals surface area contributed by atoms with E-state index in [1.54, 1.807) is 4.72 Å². The van der Waals surface area contributed by atoms with E-state index in [0.717, 1.165) is 7.11 Å². The lowest BCUT2D eigenvalue weighted by atomic mass is 10.6. The average molecular weight is 433 g/mol. The first-order chi connectivity index (χ1) is 13.2. The van der Waals surface area contributed by atoms with E-state index in [4.69, 9.17) is 25.8 Å². The molecule has 13 nitrogen and oxygen atoms in total. The molecule has 28 heavy (non-hydrogen) atoms. The third-order valence-corrected chi connectivity index (χ3v) is 4.55. The van der Waals surface area contributed by atoms with Gasteiger partial charge in [0.05, 0.1) is 27.4 Å². The molecule has 0 atom stereocenters. The zero-order valence-electron chi connectivity index (χ0n) is 14.6. The number of anilines is 1. The van der Waals surface area contributed by atoms with Gasteiger partial charge in [0.2, 0.25) is 22.7 Å². The Balaban J connectivity index is 2.33. The fourth-order valence-electron chi connectivity index (χ4n) is 1.90. The highest BCUT2D eigenvalue weighted by molar-refractivity contribution is 7.90. The second-order valence-electron chi connectivity index (χ2n) is 4.66. The smallest absolute Gasteiger partial charge is 0.335 e. The molecular formula is C13H13ClN6O7S. The molecule has 0 unspecified atom stereocenters. The number of nitrogens with zero attached hydrogens (tertiary/aromatic N) is 4. The van der Waals surface area contributed by atoms with Crippen LogP contribution in [0.2, 0.25) is 5.15 Å². The molecule has 0 saturated carbocycles. The van der Waals surface area contributed by atoms with Crippen LogP contribution in [0, 0.1) is 0 Å². The van der Waals surface area contributed by atoms with Gasteiger partial charge in [0, 0.05) is 0 Å². The standard InChI is InChI=1S/C13H13ClN6O7S/c1-25-7-6-8(26-2)16-12(15-7)17-13(22)19-28(23,24)11-9(27-3)10(14)18-20(11)4-5-21/h4,6H,1-3H3,(H2,15,16,17,19,22). The van der Waals surface area contributed by atoms with Gasteiger partial charge < -0.3 is 14.2 Å². The molecule has 0 aliphatic rings. The Hall–Kier alpha value is -3.35. The normalized spacial score (nSPS) is 10.6. The Morgan fingerprint density at radius 3 is 2.32 bits per heavy atom. The van der Waals surface area contributed by atoms with Crippen molar-refractivity contribution in [3.8, 4) is 17.5 Å². The lowest BCUT2D eigenvalue weighted by molar-refractivity contribution is 0.256. The predicted octanol–water partition coefficient (Wildman–Crippen LogP) is 0.165. The largest absolute Gasteiger partial charge is 0.491 e. The molecule has 2 heterocycles. The Morgan fingerprint density at radius 1 is 1.21 bits per heavy atom. The lowest BCUT2D eigenvalue weighted by Crippen LogP contribution is -2.36. The minimum atomic E-state index is -4.58. The molecule has 2 N–H and O–H groups in total. The van der Waals surface area contributed by atoms with E-state index in [0.29, 0.717) is 10.9 Å². The van der Waals surface area contributed by atoms with E-state index < -0.39 is 21.1 Å². The quantitative estimate of drug-likeness (QED) is 0.576. The van der Waals surface area contributed by atoms with E-state index in [1.807, 2.05) is 0 Å². The van der Waals surface area contributed by atoms with E-state index >= 15 is 0 Å². The Kier molecular flexibility index (Phi) is 6.41. The van der Waals surface area contributed by atoms with E-state index in [2.05, 4.69) is 20.4 Å². The molecule has 0 bridgehead atoms. The summed E-state index contributed by atoms with van der Waals surface area (Å²) in [5, 5.41) is 4.67. The summed E-state index contributed by atoms with van der Waals surface area (Å²) < 4.78 is 42.1. The van der Waals surface area contributed by atoms with Crippen LogP contribution in [-0.4, -0.2) is 61.5 Å². The van der Waals surface area contributed by atoms with Gasteiger partial charge in [-0.05, 0) is 0 Å². The summed E-state index contributed by atoms with van der Waals surface area (Å²) in [7, 11) is -0.798. The summed E-state index contributed by atoms with van der Waals surface area (Å²) in [6.45, 7) is 0. The first kappa shape index (κ1) is 21.0. The van der Waals surface area contributed by atoms with Crippen molar-refractivity contribution in [2.75, 3.05) is 26.6 Å². The molecule has 0 fully saturated rings. The molecule has 2 rings (SSSR count). The topological polar surface area (TPSA) is 164 Å². The minimum absolute atomic E-state index is 0.0626. The Morgan fingerprint density at radius 2 is 1.82 bits per heavy atom. The van der Waals surface area contributed by atoms with Crippen LogP contribution in [0.5, 0.6) is 17.5 Å². The van der Waals surface area contributed by atoms with E-state index in [9.17, 15) is 18.0 Å². The number of rotatable bonds is 7. The van der Waals surface area contributed by atoms with Crippen molar-refractivity contribution in [2.24, 2.45) is 0 Å². The number of hydrogen-bond acceptors (Lipinski definition) is 10. The Labute approximate surface area is 163 Å². The number of aromatic nitrogens is 4. The van der Waals surface area contributed by atoms with Crippen LogP contribution >= 0.6 is 11.6 Å². The second-order valence-corrected chi connectivity index (χ2v) is 6.61. The fraction of sp³-hybridized carbons (Fsp3) is 0.231. The highest BCUT2D eigenvalue weighted by Gasteiger charge is 2.30. The SMILES string of the molecule is COc1cc(OC)nc(NC(=O)NS(=O)(=O)c2c(OC)c(Cl)nn2C=C=O)n1. The number of carbonyl (C=O) groups is 1. The number of amides is 2. The third kappa shape index (κ3) is 4.49. The summed E-state index contributed by atoms with van der Waals surface area (Å²) in [6.07, 6.45) is 0.650. The Bertz CT molecular complexity index is 1030. The molecule has 0 aliphatic heterocycles. The number of hydrogen-bond donors (Lipinski definition) is 2. The first-order valence-electron chi connectivity index (χ1n) is 7.09. The molecule has 0 aromatic carbocycles. The van der Waals surface area contributed by atoms with Gasteiger partial charge in [-0.15, -0.1) is 0 Å². The van der Waals surface area contributed by atoms with E-state index in [1.165, 1.54) is 26.2 Å². The fourth-order valence-corrected chi connectivity index (χ4v) is 3.36. The molecule has 0 spiro atoms. The van der Waals surface area contributed by atoms with Crippen molar-refractivity contribution in [1.82, 2.24) is 24.5 Å². The van der Waals surface area contributed by atoms with Gasteiger partial charge >= 0.3 is 6.03 Å². The van der Waals surface area contributed by atoms with Gasteiger partial charge in [-0.2, -0.15) is 23.5 Å². The summed E-state index contributed by atoms with van der Waals surface area (Å²) in [5.74, 6) is 0.798. The maximum Gasteiger partial charge on any atom is 0.335 e. The van der Waals surface area contributed by atoms with Crippen LogP contribution in [-0.2, 0) is 14.8 Å². The van der Waals surface area contributed by atoms with Gasteiger partial charge in [0.15, 0.2) is 10.9 Å². The second kappa shape index (κ2) is 8.56. The van der Waals surface area contributed by atoms with Gasteiger partial charge in [-0.1, -0.05) is 11.6 Å². The van der Waals surface area contributed by atoms with Crippen molar-refractivity contribution in [3.63, 3.8) is 0 Å². The molecule has 0 radical (unpaired) electrons. The highest BCUT2D eigenvalue weighted by Crippen LogP contribution is 2.31. The van der Waals surface area contributed by atoms with Gasteiger partial charge in [0.25, 0.3) is 10.0 Å². The van der Waals surface area contributed by atoms with Gasteiger partial charge in [0.1, 0.15) is 12.1 Å². The van der Waals surface area contributed by atoms with Crippen LogP contribution in [0.3, 0.4) is 0 Å². The molecule has 150 valence electrons. The summed E-state index contributed by atoms with van der Waals surface area (Å²) in [5.41, 5.74) is 0. The summed E-state index contributed by atoms with van der Waals surface area (Å²) >= 11 is 5.78. The van der Waals surface area contributed by atoms with Gasteiger partial charge in [-0.3, -0.25) is 5.32 Å². The van der Waals surface area contributed by atoms with Crippen molar-refractivity contribution in [1.29, 1.82) is 0 Å². The summed E-state index contributed by atoms with van der Waals surface area (Å²) in [6, 6.07) is 0.119. The minimum Gasteiger partial charge on any atom is -0.491 e. The monoisotopic (exact) mass is 432 g/mol. The first-order valence-corrected chi connectivity index (χ1v) is 8.95. The molecule has 0 aliphatic carbocycles. The highest BCUT2D eigenvalue weighted by atomic mass is 35.5. The molecule has 0 saturated heterocycles. The third-order valence-electron chi connectivity index (χ3n) is 2.97. The van der Waals surface area contributed by atoms with Crippen LogP contribution < -0.4 is 24.2 Å². The lowest BCUT2D eigenvalue weighted by Gasteiger charge is -2.10. The molecular weight excluding hydrogens is 420 g/mol. The number of urea groups is 1. The molecule has 15 heteroatoms. The molecule has 2 aromatic rings. The van der Waals surface area contributed by atoms with Crippen molar-refractivity contribution < 1.29 is 32.2 Å². The van der Waals surface area contributed by atoms with Gasteiger partial charge in [-0.25, -0.2) is 19.0 Å². The van der Waals surface area contributed by atoms with Crippen LogP contribution in [0.1, 0.15) is 0 Å². The van der Waals surface area contributed by atoms with Crippen LogP contribution in [0.15, 0.2) is 11.1 Å². The van der Waals surface area contributed by atoms with Crippen molar-refractivity contribution in [2.45, 2.75) is 5.03 Å². The predicted molar refractivity (Wildman–Crippen MR) is 94.7 cm³/mol. The maximum atomic E-state index is 12.6. The number of sulfonamides is 1. The van der Waals surface area contributed by atoms with E-state index in [-0.39, 0.29) is 28.6 Å². The number of halogens is 1. The molecule has 2 amide bonds. The van der Waals surface area contributed by atoms with Crippen LogP contribution in [0.4, 0.5) is 10.7 Å². The zero-order chi connectivity index (χ0) is 20.9. The van der Waals surface area contributed by atoms with Crippen molar-refractivity contribution in [3.05, 3.63) is 11.2 Å². The number of nitrogens with one attached hydrogen (secondary N) is 2. The number of carbonyl (C=O) groups excluding carboxylic acids is 2. The average Bonchev–Trinajstić information content (AvgIpc) is 2.96. The van der Waals surface area contributed by atoms with Crippen LogP contribution in [0.25, 0.3) is 6.20 Å². The maximum absolute atomic E-state index is 12.6. The number of methoxy groups -OCH3 is 3. The summed E-state index contributed by atoms with van der Waals surface area (Å²) in [4.78, 5) is 30.4. The molecule has 2 aromatic heterocycles. The zero-order valence-corrected chi connectivity index (χ0v) is 16.2. The van der Waals surface area contributed by atoms with Crippen molar-refractivity contribution >= 4 is 45.7 Å². The number of ether oxygens (including phenoxy) is 3.